The van der Waals surface area contributed by atoms with Gasteiger partial charge in [-0.15, -0.1) is 0 Å². The fourth-order valence-corrected chi connectivity index (χ4v) is 1.82. The van der Waals surface area contributed by atoms with E-state index in [2.05, 4.69) is 5.10 Å². The molecule has 2 atom stereocenters. The molecule has 0 aliphatic carbocycles. The highest BCUT2D eigenvalue weighted by atomic mass is 35.5. The number of nitrogens with two attached hydrogens (primary N) is 1. The van der Waals surface area contributed by atoms with Gasteiger partial charge in [-0.2, -0.15) is 18.3 Å². The van der Waals surface area contributed by atoms with E-state index in [1.807, 2.05) is 0 Å². The molecule has 1 rings (SSSR count). The van der Waals surface area contributed by atoms with Crippen molar-refractivity contribution in [1.29, 1.82) is 0 Å². The molecule has 7 heteroatoms. The minimum atomic E-state index is -4.44. The Labute approximate surface area is 103 Å². The maximum Gasteiger partial charge on any atom is 0.412 e. The first-order valence-electron chi connectivity index (χ1n) is 5.23. The molecule has 0 aliphatic heterocycles. The molecule has 2 unspecified atom stereocenters. The smallest absolute Gasteiger partial charge is 0.326 e. The number of aryl methyl sites for hydroxylation is 1. The number of alkyl halides is 3. The maximum absolute atomic E-state index is 13.0. The Hall–Kier alpha value is -0.750. The second-order valence-corrected chi connectivity index (χ2v) is 4.37. The summed E-state index contributed by atoms with van der Waals surface area (Å²) in [7, 11) is 0. The van der Waals surface area contributed by atoms with Gasteiger partial charge in [0.25, 0.3) is 0 Å². The van der Waals surface area contributed by atoms with Crippen LogP contribution in [0.2, 0.25) is 5.02 Å². The van der Waals surface area contributed by atoms with Gasteiger partial charge in [0.05, 0.1) is 16.4 Å². The lowest BCUT2D eigenvalue weighted by Gasteiger charge is -2.26. The molecule has 0 aromatic carbocycles. The number of halogens is 4. The monoisotopic (exact) mass is 269 g/mol. The largest absolute Gasteiger partial charge is 0.412 e. The summed E-state index contributed by atoms with van der Waals surface area (Å²) in [5.41, 5.74) is 6.20. The van der Waals surface area contributed by atoms with Crippen LogP contribution in [-0.4, -0.2) is 22.0 Å². The second-order valence-electron chi connectivity index (χ2n) is 3.99. The molecule has 1 heterocycles. The van der Waals surface area contributed by atoms with Crippen molar-refractivity contribution >= 4 is 11.6 Å². The minimum Gasteiger partial charge on any atom is -0.326 e. The molecule has 1 aromatic heterocycles. The summed E-state index contributed by atoms with van der Waals surface area (Å²) in [6.07, 6.45) is -4.23. The SMILES string of the molecule is CCC(N)C(n1nc(C)c(Cl)c1C)C(F)(F)F. The van der Waals surface area contributed by atoms with Crippen LogP contribution in [0, 0.1) is 13.8 Å². The molecule has 2 N–H and O–H groups in total. The number of rotatable bonds is 3. The quantitative estimate of drug-likeness (QED) is 0.917. The predicted octanol–water partition coefficient (Wildman–Crippen LogP) is 2.99. The second kappa shape index (κ2) is 4.86. The summed E-state index contributed by atoms with van der Waals surface area (Å²) in [5, 5.41) is 4.08. The highest BCUT2D eigenvalue weighted by Crippen LogP contribution is 2.35. The third-order valence-electron chi connectivity index (χ3n) is 2.71. The van der Waals surface area contributed by atoms with Crippen LogP contribution in [0.3, 0.4) is 0 Å². The molecule has 17 heavy (non-hydrogen) atoms. The van der Waals surface area contributed by atoms with Gasteiger partial charge in [0.15, 0.2) is 6.04 Å². The maximum atomic E-state index is 13.0. The third kappa shape index (κ3) is 2.74. The molecule has 0 fully saturated rings. The van der Waals surface area contributed by atoms with E-state index in [0.717, 1.165) is 4.68 Å². The molecule has 0 amide bonds. The van der Waals surface area contributed by atoms with Gasteiger partial charge in [-0.3, -0.25) is 4.68 Å². The standard InChI is InChI=1S/C10H15ClF3N3/c1-4-7(15)9(10(12,13)14)17-6(3)8(11)5(2)16-17/h7,9H,4,15H2,1-3H3. The van der Waals surface area contributed by atoms with Gasteiger partial charge in [0.1, 0.15) is 0 Å². The summed E-state index contributed by atoms with van der Waals surface area (Å²) >= 11 is 5.85. The average molecular weight is 270 g/mol. The number of hydrogen-bond donors (Lipinski definition) is 1. The first kappa shape index (κ1) is 14.3. The van der Waals surface area contributed by atoms with Gasteiger partial charge < -0.3 is 5.73 Å². The molecular weight excluding hydrogens is 255 g/mol. The van der Waals surface area contributed by atoms with Gasteiger partial charge in [-0.1, -0.05) is 18.5 Å². The molecule has 0 aliphatic rings. The topological polar surface area (TPSA) is 43.8 Å². The molecule has 98 valence electrons. The molecule has 0 saturated carbocycles. The molecule has 0 spiro atoms. The normalized spacial score (nSPS) is 16.0. The zero-order valence-electron chi connectivity index (χ0n) is 9.85. The number of aromatic nitrogens is 2. The van der Waals surface area contributed by atoms with Crippen molar-refractivity contribution < 1.29 is 13.2 Å². The van der Waals surface area contributed by atoms with Crippen LogP contribution in [0.25, 0.3) is 0 Å². The van der Waals surface area contributed by atoms with E-state index in [1.54, 1.807) is 13.8 Å². The summed E-state index contributed by atoms with van der Waals surface area (Å²) in [5.74, 6) is 0. The van der Waals surface area contributed by atoms with E-state index in [9.17, 15) is 13.2 Å². The van der Waals surface area contributed by atoms with E-state index >= 15 is 0 Å². The van der Waals surface area contributed by atoms with Gasteiger partial charge in [-0.25, -0.2) is 0 Å². The van der Waals surface area contributed by atoms with Crippen LogP contribution in [0.1, 0.15) is 30.8 Å². The first-order chi connectivity index (χ1) is 7.70. The number of hydrogen-bond acceptors (Lipinski definition) is 2. The summed E-state index contributed by atoms with van der Waals surface area (Å²) in [6, 6.07) is -2.87. The summed E-state index contributed by atoms with van der Waals surface area (Å²) in [4.78, 5) is 0. The van der Waals surface area contributed by atoms with Gasteiger partial charge in [0, 0.05) is 6.04 Å². The summed E-state index contributed by atoms with van der Waals surface area (Å²) < 4.78 is 39.8. The van der Waals surface area contributed by atoms with Crippen molar-refractivity contribution in [3.8, 4) is 0 Å². The average Bonchev–Trinajstić information content (AvgIpc) is 2.44. The van der Waals surface area contributed by atoms with Crippen molar-refractivity contribution in [1.82, 2.24) is 9.78 Å². The van der Waals surface area contributed by atoms with Gasteiger partial charge >= 0.3 is 6.18 Å². The van der Waals surface area contributed by atoms with E-state index in [-0.39, 0.29) is 17.1 Å². The predicted molar refractivity (Wildman–Crippen MR) is 60.1 cm³/mol. The van der Waals surface area contributed by atoms with E-state index in [1.165, 1.54) is 6.92 Å². The summed E-state index contributed by atoms with van der Waals surface area (Å²) in [6.45, 7) is 4.68. The minimum absolute atomic E-state index is 0.208. The highest BCUT2D eigenvalue weighted by molar-refractivity contribution is 6.31. The fourth-order valence-electron chi connectivity index (χ4n) is 1.70. The Morgan fingerprint density at radius 1 is 1.41 bits per heavy atom. The molecule has 1 aromatic rings. The Balaban J connectivity index is 3.28. The Kier molecular flexibility index (Phi) is 4.09. The van der Waals surface area contributed by atoms with Crippen LogP contribution in [0.15, 0.2) is 0 Å². The Morgan fingerprint density at radius 3 is 2.24 bits per heavy atom. The first-order valence-corrected chi connectivity index (χ1v) is 5.61. The molecule has 0 bridgehead atoms. The van der Waals surface area contributed by atoms with E-state index in [4.69, 9.17) is 17.3 Å². The van der Waals surface area contributed by atoms with Crippen molar-refractivity contribution in [2.24, 2.45) is 5.73 Å². The van der Waals surface area contributed by atoms with Crippen LogP contribution < -0.4 is 5.73 Å². The van der Waals surface area contributed by atoms with Crippen LogP contribution >= 0.6 is 11.6 Å². The number of nitrogens with zero attached hydrogens (tertiary/aromatic N) is 2. The lowest BCUT2D eigenvalue weighted by molar-refractivity contribution is -0.176. The van der Waals surface area contributed by atoms with Crippen molar-refractivity contribution in [2.45, 2.75) is 45.5 Å². The van der Waals surface area contributed by atoms with Gasteiger partial charge in [0.2, 0.25) is 0 Å². The van der Waals surface area contributed by atoms with Crippen molar-refractivity contribution in [2.75, 3.05) is 0 Å². The molecular formula is C10H15ClF3N3. The van der Waals surface area contributed by atoms with Crippen molar-refractivity contribution in [3.05, 3.63) is 16.4 Å². The third-order valence-corrected chi connectivity index (χ3v) is 3.26. The van der Waals surface area contributed by atoms with Gasteiger partial charge in [-0.05, 0) is 20.3 Å². The highest BCUT2D eigenvalue weighted by Gasteiger charge is 2.45. The van der Waals surface area contributed by atoms with Crippen LogP contribution in [-0.2, 0) is 0 Å². The lowest BCUT2D eigenvalue weighted by atomic mass is 10.1. The molecule has 0 radical (unpaired) electrons. The Morgan fingerprint density at radius 2 is 1.94 bits per heavy atom. The fraction of sp³-hybridized carbons (Fsp3) is 0.700. The van der Waals surface area contributed by atoms with E-state index in [0.29, 0.717) is 5.69 Å². The Bertz CT molecular complexity index is 400. The van der Waals surface area contributed by atoms with Crippen LogP contribution in [0.5, 0.6) is 0 Å². The van der Waals surface area contributed by atoms with E-state index < -0.39 is 18.3 Å². The van der Waals surface area contributed by atoms with Crippen molar-refractivity contribution in [3.63, 3.8) is 0 Å². The molecule has 0 saturated heterocycles. The molecule has 3 nitrogen and oxygen atoms in total. The zero-order chi connectivity index (χ0) is 13.4. The zero-order valence-corrected chi connectivity index (χ0v) is 10.6. The lowest BCUT2D eigenvalue weighted by Crippen LogP contribution is -2.42. The van der Waals surface area contributed by atoms with Crippen LogP contribution in [0.4, 0.5) is 13.2 Å².